The van der Waals surface area contributed by atoms with Crippen LogP contribution in [0.25, 0.3) is 0 Å². The lowest BCUT2D eigenvalue weighted by atomic mass is 9.97. The molecule has 7 nitrogen and oxygen atoms in total. The lowest BCUT2D eigenvalue weighted by molar-refractivity contribution is 0.0713. The zero-order chi connectivity index (χ0) is 17.6. The summed E-state index contributed by atoms with van der Waals surface area (Å²) in [6.45, 7) is 9.58. The summed E-state index contributed by atoms with van der Waals surface area (Å²) in [7, 11) is -3.17. The molecule has 0 spiro atoms. The maximum Gasteiger partial charge on any atom is 0.217 e. The fraction of sp³-hybridized carbons (Fsp3) is 1.00. The standard InChI is InChI=1S/C14H28N4O3S.C2H6/c15-13-11-16-4-1-14(13)17-5-2-12(3-6-17)22(19,20)18-7-9-21-10-8-18;1-2/h12-14,16H,1-11,15H2;1-2H3. The minimum Gasteiger partial charge on any atom is -0.379 e. The number of likely N-dealkylation sites (tertiary alicyclic amines) is 1. The first-order chi connectivity index (χ1) is 11.6. The van der Waals surface area contributed by atoms with Crippen molar-refractivity contribution in [1.82, 2.24) is 14.5 Å². The van der Waals surface area contributed by atoms with E-state index in [4.69, 9.17) is 10.5 Å². The van der Waals surface area contributed by atoms with E-state index in [9.17, 15) is 8.42 Å². The van der Waals surface area contributed by atoms with Gasteiger partial charge in [0, 0.05) is 31.7 Å². The monoisotopic (exact) mass is 362 g/mol. The number of ether oxygens (including phenoxy) is 1. The van der Waals surface area contributed by atoms with Gasteiger partial charge in [0.15, 0.2) is 0 Å². The number of piperidine rings is 2. The lowest BCUT2D eigenvalue weighted by Crippen LogP contribution is -2.59. The third kappa shape index (κ3) is 4.68. The molecule has 0 aromatic rings. The number of hydrogen-bond acceptors (Lipinski definition) is 6. The summed E-state index contributed by atoms with van der Waals surface area (Å²) >= 11 is 0. The van der Waals surface area contributed by atoms with Crippen LogP contribution < -0.4 is 11.1 Å². The van der Waals surface area contributed by atoms with Crippen LogP contribution in [-0.2, 0) is 14.8 Å². The Bertz CT molecular complexity index is 460. The molecule has 0 aliphatic carbocycles. The van der Waals surface area contributed by atoms with Gasteiger partial charge in [-0.15, -0.1) is 0 Å². The van der Waals surface area contributed by atoms with Crippen molar-refractivity contribution in [1.29, 1.82) is 0 Å². The van der Waals surface area contributed by atoms with Gasteiger partial charge in [-0.25, -0.2) is 8.42 Å². The number of sulfonamides is 1. The zero-order valence-corrected chi connectivity index (χ0v) is 15.9. The number of hydrogen-bond donors (Lipinski definition) is 2. The molecule has 2 unspecified atom stereocenters. The minimum atomic E-state index is -3.17. The topological polar surface area (TPSA) is 87.9 Å². The smallest absolute Gasteiger partial charge is 0.217 e. The Balaban J connectivity index is 0.00000100. The Morgan fingerprint density at radius 2 is 1.67 bits per heavy atom. The molecule has 8 heteroatoms. The van der Waals surface area contributed by atoms with Gasteiger partial charge in [-0.05, 0) is 38.9 Å². The van der Waals surface area contributed by atoms with Crippen molar-refractivity contribution < 1.29 is 13.2 Å². The first-order valence-electron chi connectivity index (χ1n) is 9.36. The molecule has 0 bridgehead atoms. The van der Waals surface area contributed by atoms with E-state index >= 15 is 0 Å². The van der Waals surface area contributed by atoms with Crippen LogP contribution in [0.5, 0.6) is 0 Å². The molecular formula is C16H34N4O3S. The highest BCUT2D eigenvalue weighted by Crippen LogP contribution is 2.24. The number of rotatable bonds is 3. The van der Waals surface area contributed by atoms with E-state index in [0.717, 1.165) is 45.4 Å². The van der Waals surface area contributed by atoms with Crippen molar-refractivity contribution in [2.75, 3.05) is 52.5 Å². The van der Waals surface area contributed by atoms with Crippen molar-refractivity contribution in [3.63, 3.8) is 0 Å². The van der Waals surface area contributed by atoms with Gasteiger partial charge in [0.05, 0.1) is 18.5 Å². The molecule has 2 atom stereocenters. The van der Waals surface area contributed by atoms with Crippen molar-refractivity contribution >= 4 is 10.0 Å². The van der Waals surface area contributed by atoms with E-state index in [2.05, 4.69) is 10.2 Å². The van der Waals surface area contributed by atoms with Crippen LogP contribution in [0.4, 0.5) is 0 Å². The van der Waals surface area contributed by atoms with E-state index in [0.29, 0.717) is 32.3 Å². The average Bonchev–Trinajstić information content (AvgIpc) is 2.65. The van der Waals surface area contributed by atoms with Gasteiger partial charge >= 0.3 is 0 Å². The van der Waals surface area contributed by atoms with E-state index in [1.165, 1.54) is 0 Å². The molecule has 0 radical (unpaired) electrons. The first-order valence-corrected chi connectivity index (χ1v) is 10.9. The van der Waals surface area contributed by atoms with Crippen LogP contribution in [-0.4, -0.2) is 87.4 Å². The van der Waals surface area contributed by atoms with Gasteiger partial charge in [0.25, 0.3) is 0 Å². The van der Waals surface area contributed by atoms with Crippen LogP contribution >= 0.6 is 0 Å². The van der Waals surface area contributed by atoms with Gasteiger partial charge in [0.2, 0.25) is 10.0 Å². The summed E-state index contributed by atoms with van der Waals surface area (Å²) in [5.74, 6) is 0. The van der Waals surface area contributed by atoms with E-state index < -0.39 is 10.0 Å². The van der Waals surface area contributed by atoms with Crippen LogP contribution in [0.15, 0.2) is 0 Å². The summed E-state index contributed by atoms with van der Waals surface area (Å²) < 4.78 is 32.3. The van der Waals surface area contributed by atoms with Crippen molar-refractivity contribution in [2.24, 2.45) is 5.73 Å². The highest BCUT2D eigenvalue weighted by atomic mass is 32.2. The highest BCUT2D eigenvalue weighted by Gasteiger charge is 2.38. The Kier molecular flexibility index (Phi) is 7.90. The molecule has 3 aliphatic heterocycles. The normalized spacial score (nSPS) is 31.3. The molecule has 24 heavy (non-hydrogen) atoms. The fourth-order valence-electron chi connectivity index (χ4n) is 3.84. The Hall–Kier alpha value is -0.250. The lowest BCUT2D eigenvalue weighted by Gasteiger charge is -2.42. The Morgan fingerprint density at radius 3 is 2.25 bits per heavy atom. The average molecular weight is 363 g/mol. The van der Waals surface area contributed by atoms with Gasteiger partial charge in [-0.1, -0.05) is 13.8 Å². The van der Waals surface area contributed by atoms with Gasteiger partial charge < -0.3 is 15.8 Å². The molecule has 0 aromatic heterocycles. The van der Waals surface area contributed by atoms with Crippen LogP contribution in [0.2, 0.25) is 0 Å². The largest absolute Gasteiger partial charge is 0.379 e. The summed E-state index contributed by atoms with van der Waals surface area (Å²) in [4.78, 5) is 2.40. The predicted molar refractivity (Wildman–Crippen MR) is 96.5 cm³/mol. The maximum atomic E-state index is 12.7. The second-order valence-electron chi connectivity index (χ2n) is 6.52. The molecule has 142 valence electrons. The van der Waals surface area contributed by atoms with Crippen molar-refractivity contribution in [2.45, 2.75) is 50.4 Å². The van der Waals surface area contributed by atoms with Crippen LogP contribution in [0.3, 0.4) is 0 Å². The Morgan fingerprint density at radius 1 is 1.04 bits per heavy atom. The van der Waals surface area contributed by atoms with E-state index in [1.807, 2.05) is 13.8 Å². The van der Waals surface area contributed by atoms with Crippen LogP contribution in [0.1, 0.15) is 33.1 Å². The molecule has 0 aromatic carbocycles. The molecule has 3 aliphatic rings. The Labute approximate surface area is 146 Å². The molecule has 3 rings (SSSR count). The number of nitrogens with two attached hydrogens (primary N) is 1. The third-order valence-electron chi connectivity index (χ3n) is 5.19. The summed E-state index contributed by atoms with van der Waals surface area (Å²) in [5.41, 5.74) is 6.20. The highest BCUT2D eigenvalue weighted by molar-refractivity contribution is 7.89. The minimum absolute atomic E-state index is 0.154. The predicted octanol–water partition coefficient (Wildman–Crippen LogP) is -0.172. The summed E-state index contributed by atoms with van der Waals surface area (Å²) in [5, 5.41) is 3.08. The van der Waals surface area contributed by atoms with Crippen LogP contribution in [0, 0.1) is 0 Å². The first kappa shape index (κ1) is 20.1. The quantitative estimate of drug-likeness (QED) is 0.725. The van der Waals surface area contributed by atoms with Gasteiger partial charge in [-0.2, -0.15) is 4.31 Å². The SMILES string of the molecule is CC.NC1CNCCC1N1CCC(S(=O)(=O)N2CCOCC2)CC1. The molecule has 0 amide bonds. The molecular weight excluding hydrogens is 328 g/mol. The molecule has 3 fully saturated rings. The third-order valence-corrected chi connectivity index (χ3v) is 7.59. The van der Waals surface area contributed by atoms with Crippen molar-refractivity contribution in [3.05, 3.63) is 0 Å². The zero-order valence-electron chi connectivity index (χ0n) is 15.1. The van der Waals surface area contributed by atoms with Crippen molar-refractivity contribution in [3.8, 4) is 0 Å². The second-order valence-corrected chi connectivity index (χ2v) is 8.73. The maximum absolute atomic E-state index is 12.7. The van der Waals surface area contributed by atoms with E-state index in [1.54, 1.807) is 4.31 Å². The fourth-order valence-corrected chi connectivity index (χ4v) is 5.73. The molecule has 3 heterocycles. The molecule has 3 saturated heterocycles. The summed E-state index contributed by atoms with van der Waals surface area (Å²) in [6.07, 6.45) is 2.49. The number of morpholine rings is 1. The number of nitrogens with one attached hydrogen (secondary N) is 1. The molecule has 0 saturated carbocycles. The van der Waals surface area contributed by atoms with E-state index in [-0.39, 0.29) is 11.3 Å². The second kappa shape index (κ2) is 9.45. The molecule has 3 N–H and O–H groups in total. The summed E-state index contributed by atoms with van der Waals surface area (Å²) in [6, 6.07) is 0.550. The number of nitrogens with zero attached hydrogens (tertiary/aromatic N) is 2. The van der Waals surface area contributed by atoms with Gasteiger partial charge in [0.1, 0.15) is 0 Å². The van der Waals surface area contributed by atoms with Gasteiger partial charge in [-0.3, -0.25) is 4.90 Å².